The van der Waals surface area contributed by atoms with Crippen LogP contribution in [0.25, 0.3) is 0 Å². The molecule has 0 N–H and O–H groups in total. The molecule has 7 nitrogen and oxygen atoms in total. The molecule has 1 aromatic rings. The highest BCUT2D eigenvalue weighted by molar-refractivity contribution is 5.85. The molecule has 0 unspecified atom stereocenters. The van der Waals surface area contributed by atoms with E-state index in [1.54, 1.807) is 4.90 Å². The molecule has 7 heteroatoms. The number of likely N-dealkylation sites (tertiary alicyclic amines) is 1. The van der Waals surface area contributed by atoms with Crippen LogP contribution in [0.15, 0.2) is 4.52 Å². The van der Waals surface area contributed by atoms with Crippen LogP contribution in [0, 0.1) is 13.8 Å². The van der Waals surface area contributed by atoms with Crippen LogP contribution in [0.3, 0.4) is 0 Å². The van der Waals surface area contributed by atoms with Crippen molar-refractivity contribution in [2.45, 2.75) is 52.5 Å². The van der Waals surface area contributed by atoms with Gasteiger partial charge in [-0.3, -0.25) is 14.5 Å². The highest BCUT2D eigenvalue weighted by atomic mass is 16.5. The molecule has 2 amide bonds. The Morgan fingerprint density at radius 3 is 2.46 bits per heavy atom. The third kappa shape index (κ3) is 4.63. The Hall–Kier alpha value is -1.89. The van der Waals surface area contributed by atoms with Crippen molar-refractivity contribution >= 4 is 11.8 Å². The number of piperazine rings is 1. The van der Waals surface area contributed by atoms with Gasteiger partial charge in [-0.05, 0) is 26.7 Å². The van der Waals surface area contributed by atoms with Crippen molar-refractivity contribution < 1.29 is 14.1 Å². The van der Waals surface area contributed by atoms with Crippen LogP contribution in [0.5, 0.6) is 0 Å². The number of aromatic nitrogens is 1. The van der Waals surface area contributed by atoms with E-state index in [1.807, 2.05) is 18.7 Å². The molecule has 2 saturated heterocycles. The van der Waals surface area contributed by atoms with E-state index >= 15 is 0 Å². The van der Waals surface area contributed by atoms with Gasteiger partial charge in [0, 0.05) is 51.3 Å². The lowest BCUT2D eigenvalue weighted by Gasteiger charge is -2.36. The van der Waals surface area contributed by atoms with Crippen molar-refractivity contribution in [2.75, 3.05) is 39.3 Å². The van der Waals surface area contributed by atoms with Gasteiger partial charge in [-0.2, -0.15) is 0 Å². The van der Waals surface area contributed by atoms with E-state index in [1.165, 1.54) is 0 Å². The molecule has 0 aromatic carbocycles. The second-order valence-electron chi connectivity index (χ2n) is 7.44. The number of carbonyl (C=O) groups is 2. The average molecular weight is 362 g/mol. The minimum atomic E-state index is 0.0795. The number of rotatable bonds is 4. The Morgan fingerprint density at radius 2 is 1.77 bits per heavy atom. The molecule has 144 valence electrons. The van der Waals surface area contributed by atoms with E-state index in [4.69, 9.17) is 4.52 Å². The molecule has 3 rings (SSSR count). The Balaban J connectivity index is 1.48. The maximum atomic E-state index is 12.6. The van der Waals surface area contributed by atoms with Gasteiger partial charge in [0.1, 0.15) is 5.76 Å². The SMILES string of the molecule is Cc1noc(C)c1CN1CCN(C(=O)CN2CCCCCCC2=O)CC1. The Labute approximate surface area is 155 Å². The fourth-order valence-corrected chi connectivity index (χ4v) is 3.75. The van der Waals surface area contributed by atoms with Crippen molar-refractivity contribution in [1.82, 2.24) is 19.9 Å². The van der Waals surface area contributed by atoms with Gasteiger partial charge in [0.25, 0.3) is 0 Å². The summed E-state index contributed by atoms with van der Waals surface area (Å²) in [6.45, 7) is 8.77. The molecule has 2 aliphatic heterocycles. The number of nitrogens with zero attached hydrogens (tertiary/aromatic N) is 4. The van der Waals surface area contributed by atoms with E-state index in [2.05, 4.69) is 10.1 Å². The number of hydrogen-bond donors (Lipinski definition) is 0. The summed E-state index contributed by atoms with van der Waals surface area (Å²) in [4.78, 5) is 30.8. The van der Waals surface area contributed by atoms with E-state index in [-0.39, 0.29) is 18.4 Å². The fraction of sp³-hybridized carbons (Fsp3) is 0.737. The molecule has 0 saturated carbocycles. The van der Waals surface area contributed by atoms with Crippen LogP contribution < -0.4 is 0 Å². The van der Waals surface area contributed by atoms with E-state index in [0.717, 1.165) is 68.9 Å². The largest absolute Gasteiger partial charge is 0.361 e. The number of amides is 2. The normalized spacial score (nSPS) is 20.2. The van der Waals surface area contributed by atoms with Gasteiger partial charge in [0.05, 0.1) is 12.2 Å². The van der Waals surface area contributed by atoms with Gasteiger partial charge in [0.2, 0.25) is 11.8 Å². The quantitative estimate of drug-likeness (QED) is 0.816. The van der Waals surface area contributed by atoms with Crippen LogP contribution in [-0.4, -0.2) is 70.9 Å². The molecule has 0 atom stereocenters. The minimum Gasteiger partial charge on any atom is -0.361 e. The van der Waals surface area contributed by atoms with E-state index in [0.29, 0.717) is 19.5 Å². The van der Waals surface area contributed by atoms with Gasteiger partial charge in [-0.15, -0.1) is 0 Å². The highest BCUT2D eigenvalue weighted by Crippen LogP contribution is 2.17. The summed E-state index contributed by atoms with van der Waals surface area (Å²) in [5.41, 5.74) is 2.09. The van der Waals surface area contributed by atoms with Crippen molar-refractivity contribution in [3.8, 4) is 0 Å². The first-order valence-electron chi connectivity index (χ1n) is 9.74. The molecule has 0 radical (unpaired) electrons. The summed E-state index contributed by atoms with van der Waals surface area (Å²) in [5, 5.41) is 4.01. The number of aryl methyl sites for hydroxylation is 2. The van der Waals surface area contributed by atoms with Gasteiger partial charge in [0.15, 0.2) is 0 Å². The lowest BCUT2D eigenvalue weighted by molar-refractivity contribution is -0.142. The van der Waals surface area contributed by atoms with Gasteiger partial charge >= 0.3 is 0 Å². The first-order chi connectivity index (χ1) is 12.5. The number of hydrogen-bond acceptors (Lipinski definition) is 5. The summed E-state index contributed by atoms with van der Waals surface area (Å²) in [5.74, 6) is 1.09. The maximum Gasteiger partial charge on any atom is 0.242 e. The zero-order valence-corrected chi connectivity index (χ0v) is 16.0. The topological polar surface area (TPSA) is 69.9 Å². The lowest BCUT2D eigenvalue weighted by atomic mass is 10.1. The first kappa shape index (κ1) is 18.9. The highest BCUT2D eigenvalue weighted by Gasteiger charge is 2.25. The molecular formula is C19H30N4O3. The summed E-state index contributed by atoms with van der Waals surface area (Å²) < 4.78 is 5.23. The summed E-state index contributed by atoms with van der Waals surface area (Å²) in [6.07, 6.45) is 4.81. The second kappa shape index (κ2) is 8.66. The Morgan fingerprint density at radius 1 is 1.04 bits per heavy atom. The van der Waals surface area contributed by atoms with E-state index < -0.39 is 0 Å². The third-order valence-corrected chi connectivity index (χ3v) is 5.54. The first-order valence-corrected chi connectivity index (χ1v) is 9.74. The zero-order chi connectivity index (χ0) is 18.5. The average Bonchev–Trinajstić information content (AvgIpc) is 2.94. The van der Waals surface area contributed by atoms with Gasteiger partial charge in [-0.25, -0.2) is 0 Å². The Kier molecular flexibility index (Phi) is 6.29. The lowest BCUT2D eigenvalue weighted by Crippen LogP contribution is -2.51. The third-order valence-electron chi connectivity index (χ3n) is 5.54. The molecule has 26 heavy (non-hydrogen) atoms. The molecule has 1 aromatic heterocycles. The summed E-state index contributed by atoms with van der Waals surface area (Å²) >= 11 is 0. The van der Waals surface area contributed by atoms with Crippen molar-refractivity contribution in [2.24, 2.45) is 0 Å². The monoisotopic (exact) mass is 362 g/mol. The van der Waals surface area contributed by atoms with E-state index in [9.17, 15) is 9.59 Å². The second-order valence-corrected chi connectivity index (χ2v) is 7.44. The summed E-state index contributed by atoms with van der Waals surface area (Å²) in [7, 11) is 0. The number of carbonyl (C=O) groups excluding carboxylic acids is 2. The van der Waals surface area contributed by atoms with Crippen LogP contribution in [-0.2, 0) is 16.1 Å². The van der Waals surface area contributed by atoms with Crippen LogP contribution >= 0.6 is 0 Å². The molecule has 0 aliphatic carbocycles. The van der Waals surface area contributed by atoms with Crippen molar-refractivity contribution in [1.29, 1.82) is 0 Å². The van der Waals surface area contributed by atoms with Crippen LogP contribution in [0.1, 0.15) is 49.1 Å². The molecule has 3 heterocycles. The molecule has 0 bridgehead atoms. The zero-order valence-electron chi connectivity index (χ0n) is 16.0. The summed E-state index contributed by atoms with van der Waals surface area (Å²) in [6, 6.07) is 0. The van der Waals surface area contributed by atoms with Crippen LogP contribution in [0.2, 0.25) is 0 Å². The standard InChI is InChI=1S/C19H30N4O3/c1-15-17(16(2)26-20-15)13-21-9-11-22(12-10-21)19(25)14-23-8-6-4-3-5-7-18(23)24/h3-14H2,1-2H3. The Bertz CT molecular complexity index is 615. The van der Waals surface area contributed by atoms with Gasteiger partial charge in [-0.1, -0.05) is 18.0 Å². The van der Waals surface area contributed by atoms with Crippen molar-refractivity contribution in [3.05, 3.63) is 17.0 Å². The molecular weight excluding hydrogens is 332 g/mol. The molecule has 2 aliphatic rings. The van der Waals surface area contributed by atoms with Gasteiger partial charge < -0.3 is 14.3 Å². The predicted octanol–water partition coefficient (Wildman–Crippen LogP) is 1.73. The molecule has 2 fully saturated rings. The molecule has 0 spiro atoms. The van der Waals surface area contributed by atoms with Crippen molar-refractivity contribution in [3.63, 3.8) is 0 Å². The maximum absolute atomic E-state index is 12.6. The van der Waals surface area contributed by atoms with Crippen LogP contribution in [0.4, 0.5) is 0 Å². The fourth-order valence-electron chi connectivity index (χ4n) is 3.75. The predicted molar refractivity (Wildman–Crippen MR) is 97.5 cm³/mol. The smallest absolute Gasteiger partial charge is 0.242 e. The minimum absolute atomic E-state index is 0.0795.